The number of fused-ring (bicyclic) bond motifs is 1. The molecule has 2 nitrogen and oxygen atoms in total. The molecular formula is C15H21NO. The van der Waals surface area contributed by atoms with Crippen molar-refractivity contribution in [2.45, 2.75) is 52.6 Å². The fourth-order valence-corrected chi connectivity index (χ4v) is 2.63. The summed E-state index contributed by atoms with van der Waals surface area (Å²) >= 11 is 0. The molecular weight excluding hydrogens is 210 g/mol. The second kappa shape index (κ2) is 4.17. The van der Waals surface area contributed by atoms with E-state index in [1.54, 1.807) is 0 Å². The van der Waals surface area contributed by atoms with Crippen molar-refractivity contribution in [3.05, 3.63) is 34.9 Å². The highest BCUT2D eigenvalue weighted by Crippen LogP contribution is 2.36. The van der Waals surface area contributed by atoms with Gasteiger partial charge in [0.1, 0.15) is 0 Å². The van der Waals surface area contributed by atoms with Crippen LogP contribution in [0.25, 0.3) is 0 Å². The predicted molar refractivity (Wildman–Crippen MR) is 70.3 cm³/mol. The van der Waals surface area contributed by atoms with Gasteiger partial charge in [0, 0.05) is 11.6 Å². The number of amides is 1. The lowest BCUT2D eigenvalue weighted by atomic mass is 9.96. The molecule has 0 saturated heterocycles. The molecule has 17 heavy (non-hydrogen) atoms. The van der Waals surface area contributed by atoms with Crippen molar-refractivity contribution in [3.63, 3.8) is 0 Å². The van der Waals surface area contributed by atoms with Crippen LogP contribution in [0.3, 0.4) is 0 Å². The molecule has 1 aliphatic rings. The number of hydrogen-bond donors (Lipinski definition) is 0. The second-order valence-electron chi connectivity index (χ2n) is 5.48. The van der Waals surface area contributed by atoms with E-state index in [-0.39, 0.29) is 18.0 Å². The number of carbonyl (C=O) groups excluding carboxylic acids is 1. The highest BCUT2D eigenvalue weighted by molar-refractivity contribution is 5.99. The first-order chi connectivity index (χ1) is 7.93. The Bertz CT molecular complexity index is 448. The normalized spacial score (nSPS) is 19.4. The van der Waals surface area contributed by atoms with Gasteiger partial charge in [0.05, 0.1) is 6.04 Å². The molecule has 2 rings (SSSR count). The maximum atomic E-state index is 12.3. The quantitative estimate of drug-likeness (QED) is 0.759. The molecule has 1 unspecified atom stereocenters. The summed E-state index contributed by atoms with van der Waals surface area (Å²) in [5.74, 6) is 0.688. The molecule has 0 N–H and O–H groups in total. The van der Waals surface area contributed by atoms with Crippen LogP contribution in [0.5, 0.6) is 0 Å². The Balaban J connectivity index is 2.47. The van der Waals surface area contributed by atoms with Crippen LogP contribution in [-0.4, -0.2) is 16.8 Å². The highest BCUT2D eigenvalue weighted by atomic mass is 16.2. The fourth-order valence-electron chi connectivity index (χ4n) is 2.63. The molecule has 92 valence electrons. The van der Waals surface area contributed by atoms with Crippen molar-refractivity contribution in [1.29, 1.82) is 0 Å². The van der Waals surface area contributed by atoms with Gasteiger partial charge in [0.2, 0.25) is 0 Å². The third-order valence-corrected chi connectivity index (χ3v) is 3.63. The van der Waals surface area contributed by atoms with Gasteiger partial charge in [0.25, 0.3) is 5.91 Å². The SMILES string of the molecule is CC(C)c1ccc2c(c1)C(C)N(C(C)C)C2=O. The van der Waals surface area contributed by atoms with E-state index in [4.69, 9.17) is 0 Å². The van der Waals surface area contributed by atoms with Gasteiger partial charge in [-0.3, -0.25) is 4.79 Å². The maximum absolute atomic E-state index is 12.3. The molecule has 1 amide bonds. The molecule has 0 radical (unpaired) electrons. The van der Waals surface area contributed by atoms with Crippen LogP contribution in [0.4, 0.5) is 0 Å². The van der Waals surface area contributed by atoms with E-state index in [2.05, 4.69) is 46.8 Å². The van der Waals surface area contributed by atoms with E-state index >= 15 is 0 Å². The average Bonchev–Trinajstić information content (AvgIpc) is 2.51. The van der Waals surface area contributed by atoms with Gasteiger partial charge in [-0.05, 0) is 43.9 Å². The molecule has 0 fully saturated rings. The number of rotatable bonds is 2. The van der Waals surface area contributed by atoms with E-state index in [0.29, 0.717) is 5.92 Å². The minimum atomic E-state index is 0.179. The first-order valence-electron chi connectivity index (χ1n) is 6.40. The van der Waals surface area contributed by atoms with Crippen molar-refractivity contribution in [2.75, 3.05) is 0 Å². The van der Waals surface area contributed by atoms with E-state index in [1.165, 1.54) is 11.1 Å². The minimum absolute atomic E-state index is 0.179. The Morgan fingerprint density at radius 2 is 1.82 bits per heavy atom. The van der Waals surface area contributed by atoms with Gasteiger partial charge in [-0.1, -0.05) is 26.0 Å². The Labute approximate surface area is 104 Å². The number of hydrogen-bond acceptors (Lipinski definition) is 1. The molecule has 0 bridgehead atoms. The molecule has 0 aromatic heterocycles. The largest absolute Gasteiger partial charge is 0.329 e. The average molecular weight is 231 g/mol. The third-order valence-electron chi connectivity index (χ3n) is 3.63. The molecule has 1 aromatic rings. The Morgan fingerprint density at radius 3 is 2.35 bits per heavy atom. The monoisotopic (exact) mass is 231 g/mol. The summed E-state index contributed by atoms with van der Waals surface area (Å²) in [6, 6.07) is 6.73. The molecule has 1 aliphatic heterocycles. The Morgan fingerprint density at radius 1 is 1.18 bits per heavy atom. The Kier molecular flexibility index (Phi) is 2.98. The van der Waals surface area contributed by atoms with Gasteiger partial charge >= 0.3 is 0 Å². The summed E-state index contributed by atoms with van der Waals surface area (Å²) in [6.07, 6.45) is 0. The van der Waals surface area contributed by atoms with E-state index in [1.807, 2.05) is 11.0 Å². The van der Waals surface area contributed by atoms with Crippen LogP contribution in [-0.2, 0) is 0 Å². The van der Waals surface area contributed by atoms with Crippen molar-refractivity contribution >= 4 is 5.91 Å². The summed E-state index contributed by atoms with van der Waals surface area (Å²) in [6.45, 7) is 10.6. The van der Waals surface area contributed by atoms with Crippen molar-refractivity contribution in [3.8, 4) is 0 Å². The van der Waals surface area contributed by atoms with Crippen molar-refractivity contribution < 1.29 is 4.79 Å². The molecule has 2 heteroatoms. The van der Waals surface area contributed by atoms with Crippen LogP contribution in [0, 0.1) is 0 Å². The summed E-state index contributed by atoms with van der Waals surface area (Å²) in [7, 11) is 0. The molecule has 1 aromatic carbocycles. The minimum Gasteiger partial charge on any atom is -0.329 e. The van der Waals surface area contributed by atoms with E-state index in [0.717, 1.165) is 5.56 Å². The maximum Gasteiger partial charge on any atom is 0.254 e. The summed E-state index contributed by atoms with van der Waals surface area (Å²) in [4.78, 5) is 14.2. The third kappa shape index (κ3) is 1.86. The van der Waals surface area contributed by atoms with E-state index < -0.39 is 0 Å². The summed E-state index contributed by atoms with van der Waals surface area (Å²) in [5.41, 5.74) is 3.39. The second-order valence-corrected chi connectivity index (χ2v) is 5.48. The van der Waals surface area contributed by atoms with Crippen LogP contribution in [0.1, 0.15) is 68.1 Å². The molecule has 0 saturated carbocycles. The standard InChI is InChI=1S/C15H21NO/c1-9(2)12-6-7-13-14(8-12)11(5)16(10(3)4)15(13)17/h6-11H,1-5H3. The zero-order valence-corrected chi connectivity index (χ0v) is 11.3. The topological polar surface area (TPSA) is 20.3 Å². The van der Waals surface area contributed by atoms with Gasteiger partial charge in [0.15, 0.2) is 0 Å². The zero-order chi connectivity index (χ0) is 12.7. The van der Waals surface area contributed by atoms with Gasteiger partial charge in [-0.15, -0.1) is 0 Å². The lowest BCUT2D eigenvalue weighted by Crippen LogP contribution is -2.33. The number of nitrogens with zero attached hydrogens (tertiary/aromatic N) is 1. The molecule has 0 spiro atoms. The van der Waals surface area contributed by atoms with E-state index in [9.17, 15) is 4.79 Å². The van der Waals surface area contributed by atoms with Gasteiger partial charge in [-0.25, -0.2) is 0 Å². The Hall–Kier alpha value is -1.31. The summed E-state index contributed by atoms with van der Waals surface area (Å²) < 4.78 is 0. The van der Waals surface area contributed by atoms with Crippen LogP contribution in [0.15, 0.2) is 18.2 Å². The lowest BCUT2D eigenvalue weighted by molar-refractivity contribution is 0.0678. The molecule has 0 aliphatic carbocycles. The predicted octanol–water partition coefficient (Wildman–Crippen LogP) is 3.74. The first kappa shape index (κ1) is 12.2. The molecule has 1 heterocycles. The van der Waals surface area contributed by atoms with Crippen LogP contribution in [0.2, 0.25) is 0 Å². The molecule has 1 atom stereocenters. The highest BCUT2D eigenvalue weighted by Gasteiger charge is 2.35. The van der Waals surface area contributed by atoms with Crippen molar-refractivity contribution in [1.82, 2.24) is 4.90 Å². The zero-order valence-electron chi connectivity index (χ0n) is 11.3. The number of carbonyl (C=O) groups is 1. The smallest absolute Gasteiger partial charge is 0.254 e. The van der Waals surface area contributed by atoms with Crippen molar-refractivity contribution in [2.24, 2.45) is 0 Å². The lowest BCUT2D eigenvalue weighted by Gasteiger charge is -2.26. The first-order valence-corrected chi connectivity index (χ1v) is 6.40. The van der Waals surface area contributed by atoms with Gasteiger partial charge < -0.3 is 4.90 Å². The van der Waals surface area contributed by atoms with Gasteiger partial charge in [-0.2, -0.15) is 0 Å². The fraction of sp³-hybridized carbons (Fsp3) is 0.533. The van der Waals surface area contributed by atoms with Crippen LogP contribution >= 0.6 is 0 Å². The number of benzene rings is 1. The van der Waals surface area contributed by atoms with Crippen LogP contribution < -0.4 is 0 Å². The summed E-state index contributed by atoms with van der Waals surface area (Å²) in [5, 5.41) is 0.